The summed E-state index contributed by atoms with van der Waals surface area (Å²) in [7, 11) is 0. The van der Waals surface area contributed by atoms with Crippen LogP contribution in [0.4, 0.5) is 0 Å². The summed E-state index contributed by atoms with van der Waals surface area (Å²) in [6.07, 6.45) is 1.12. The van der Waals surface area contributed by atoms with Gasteiger partial charge in [0.25, 0.3) is 0 Å². The topological polar surface area (TPSA) is 52.6 Å². The summed E-state index contributed by atoms with van der Waals surface area (Å²) in [5.41, 5.74) is -1.63. The number of carbonyl (C=O) groups excluding carboxylic acids is 2. The predicted molar refractivity (Wildman–Crippen MR) is 54.1 cm³/mol. The van der Waals surface area contributed by atoms with E-state index in [9.17, 15) is 9.59 Å². The van der Waals surface area contributed by atoms with Crippen LogP contribution in [0.2, 0.25) is 0 Å². The van der Waals surface area contributed by atoms with Crippen LogP contribution in [-0.2, 0) is 19.1 Å². The third kappa shape index (κ3) is 2.30. The molecule has 1 fully saturated rings. The van der Waals surface area contributed by atoms with Crippen molar-refractivity contribution in [2.45, 2.75) is 46.1 Å². The molecule has 4 nitrogen and oxygen atoms in total. The maximum Gasteiger partial charge on any atom is 0.350 e. The molecule has 0 aromatic heterocycles. The van der Waals surface area contributed by atoms with Gasteiger partial charge in [-0.1, -0.05) is 6.92 Å². The summed E-state index contributed by atoms with van der Waals surface area (Å²) >= 11 is 0. The standard InChI is InChI=1S/C11H18O4/c1-5-10(2,3)8(12)15-11(4)6-7-14-9(11)13/h5-7H2,1-4H3. The zero-order chi connectivity index (χ0) is 11.7. The largest absolute Gasteiger partial charge is 0.463 e. The van der Waals surface area contributed by atoms with Gasteiger partial charge in [-0.3, -0.25) is 4.79 Å². The summed E-state index contributed by atoms with van der Waals surface area (Å²) in [5, 5.41) is 0. The number of esters is 2. The van der Waals surface area contributed by atoms with E-state index in [1.54, 1.807) is 20.8 Å². The van der Waals surface area contributed by atoms with Gasteiger partial charge in [-0.05, 0) is 27.2 Å². The Balaban J connectivity index is 2.70. The Bertz CT molecular complexity index is 282. The van der Waals surface area contributed by atoms with Crippen LogP contribution >= 0.6 is 0 Å². The number of hydrogen-bond acceptors (Lipinski definition) is 4. The van der Waals surface area contributed by atoms with Gasteiger partial charge in [0.05, 0.1) is 12.0 Å². The van der Waals surface area contributed by atoms with Crippen molar-refractivity contribution in [1.29, 1.82) is 0 Å². The first-order valence-corrected chi connectivity index (χ1v) is 5.22. The highest BCUT2D eigenvalue weighted by atomic mass is 16.6. The Kier molecular flexibility index (Phi) is 3.07. The summed E-state index contributed by atoms with van der Waals surface area (Å²) in [5.74, 6) is -0.783. The monoisotopic (exact) mass is 214 g/mol. The van der Waals surface area contributed by atoms with Crippen molar-refractivity contribution in [3.8, 4) is 0 Å². The van der Waals surface area contributed by atoms with Crippen molar-refractivity contribution < 1.29 is 19.1 Å². The Morgan fingerprint density at radius 3 is 2.60 bits per heavy atom. The number of hydrogen-bond donors (Lipinski definition) is 0. The van der Waals surface area contributed by atoms with Crippen LogP contribution in [0.3, 0.4) is 0 Å². The first kappa shape index (κ1) is 12.0. The van der Waals surface area contributed by atoms with Gasteiger partial charge in [-0.2, -0.15) is 0 Å². The van der Waals surface area contributed by atoms with E-state index in [0.29, 0.717) is 19.4 Å². The van der Waals surface area contributed by atoms with Gasteiger partial charge >= 0.3 is 11.9 Å². The second kappa shape index (κ2) is 3.83. The number of carbonyl (C=O) groups is 2. The first-order valence-electron chi connectivity index (χ1n) is 5.22. The van der Waals surface area contributed by atoms with Gasteiger partial charge < -0.3 is 9.47 Å². The van der Waals surface area contributed by atoms with Crippen LogP contribution in [0.5, 0.6) is 0 Å². The molecule has 0 radical (unpaired) electrons. The Hall–Kier alpha value is -1.06. The summed E-state index contributed by atoms with van der Waals surface area (Å²) < 4.78 is 10.1. The molecule has 1 aliphatic heterocycles. The average molecular weight is 214 g/mol. The van der Waals surface area contributed by atoms with Gasteiger partial charge in [-0.15, -0.1) is 0 Å². The van der Waals surface area contributed by atoms with Gasteiger partial charge in [0.15, 0.2) is 0 Å². The van der Waals surface area contributed by atoms with Crippen molar-refractivity contribution in [2.75, 3.05) is 6.61 Å². The van der Waals surface area contributed by atoms with E-state index in [1.807, 2.05) is 6.92 Å². The molecule has 0 aromatic carbocycles. The van der Waals surface area contributed by atoms with Gasteiger partial charge in [-0.25, -0.2) is 4.79 Å². The fourth-order valence-electron chi connectivity index (χ4n) is 1.17. The highest BCUT2D eigenvalue weighted by Gasteiger charge is 2.45. The van der Waals surface area contributed by atoms with E-state index < -0.39 is 17.0 Å². The van der Waals surface area contributed by atoms with Crippen LogP contribution in [-0.4, -0.2) is 24.1 Å². The SMILES string of the molecule is CCC(C)(C)C(=O)OC1(C)CCOC1=O. The molecule has 1 unspecified atom stereocenters. The summed E-state index contributed by atoms with van der Waals surface area (Å²) in [6, 6.07) is 0. The van der Waals surface area contributed by atoms with Gasteiger partial charge in [0.2, 0.25) is 5.60 Å². The molecule has 0 saturated carbocycles. The lowest BCUT2D eigenvalue weighted by Gasteiger charge is -2.27. The maximum absolute atomic E-state index is 11.8. The summed E-state index contributed by atoms with van der Waals surface area (Å²) in [4.78, 5) is 23.1. The minimum Gasteiger partial charge on any atom is -0.463 e. The van der Waals surface area contributed by atoms with Crippen LogP contribution < -0.4 is 0 Å². The molecule has 0 spiro atoms. The van der Waals surface area contributed by atoms with Crippen molar-refractivity contribution in [3.05, 3.63) is 0 Å². The van der Waals surface area contributed by atoms with Crippen LogP contribution in [0, 0.1) is 5.41 Å². The third-order valence-electron chi connectivity index (χ3n) is 3.00. The third-order valence-corrected chi connectivity index (χ3v) is 3.00. The Morgan fingerprint density at radius 2 is 2.20 bits per heavy atom. The zero-order valence-electron chi connectivity index (χ0n) is 9.75. The van der Waals surface area contributed by atoms with E-state index >= 15 is 0 Å². The first-order chi connectivity index (χ1) is 6.82. The average Bonchev–Trinajstić information content (AvgIpc) is 2.47. The lowest BCUT2D eigenvalue weighted by molar-refractivity contribution is -0.177. The van der Waals surface area contributed by atoms with E-state index in [-0.39, 0.29) is 5.97 Å². The molecule has 1 aliphatic rings. The maximum atomic E-state index is 11.8. The van der Waals surface area contributed by atoms with Crippen molar-refractivity contribution in [1.82, 2.24) is 0 Å². The van der Waals surface area contributed by atoms with Crippen molar-refractivity contribution >= 4 is 11.9 Å². The predicted octanol–water partition coefficient (Wildman–Crippen LogP) is 1.67. The molecule has 1 saturated heterocycles. The van der Waals surface area contributed by atoms with E-state index in [1.165, 1.54) is 0 Å². The molecule has 15 heavy (non-hydrogen) atoms. The molecular weight excluding hydrogens is 196 g/mol. The smallest absolute Gasteiger partial charge is 0.350 e. The Morgan fingerprint density at radius 1 is 1.60 bits per heavy atom. The molecule has 0 aliphatic carbocycles. The molecule has 86 valence electrons. The van der Waals surface area contributed by atoms with Crippen molar-refractivity contribution in [2.24, 2.45) is 5.41 Å². The zero-order valence-corrected chi connectivity index (χ0v) is 9.75. The molecule has 1 atom stereocenters. The fourth-order valence-corrected chi connectivity index (χ4v) is 1.17. The van der Waals surface area contributed by atoms with Crippen LogP contribution in [0.15, 0.2) is 0 Å². The van der Waals surface area contributed by atoms with Crippen molar-refractivity contribution in [3.63, 3.8) is 0 Å². The molecule has 0 amide bonds. The minimum absolute atomic E-state index is 0.329. The quantitative estimate of drug-likeness (QED) is 0.670. The second-order valence-electron chi connectivity index (χ2n) is 4.74. The highest BCUT2D eigenvalue weighted by molar-refractivity contribution is 5.86. The van der Waals surface area contributed by atoms with Gasteiger partial charge in [0.1, 0.15) is 0 Å². The number of cyclic esters (lactones) is 1. The molecule has 0 bridgehead atoms. The molecule has 0 aromatic rings. The molecule has 0 N–H and O–H groups in total. The molecule has 1 heterocycles. The molecule has 1 rings (SSSR count). The summed E-state index contributed by atoms with van der Waals surface area (Å²) in [6.45, 7) is 7.45. The van der Waals surface area contributed by atoms with Crippen LogP contribution in [0.1, 0.15) is 40.5 Å². The van der Waals surface area contributed by atoms with Gasteiger partial charge in [0, 0.05) is 6.42 Å². The molecule has 4 heteroatoms. The minimum atomic E-state index is -1.08. The van der Waals surface area contributed by atoms with E-state index in [0.717, 1.165) is 0 Å². The normalized spacial score (nSPS) is 26.3. The Labute approximate surface area is 89.9 Å². The number of rotatable bonds is 3. The second-order valence-corrected chi connectivity index (χ2v) is 4.74. The lowest BCUT2D eigenvalue weighted by atomic mass is 9.90. The van der Waals surface area contributed by atoms with E-state index in [4.69, 9.17) is 9.47 Å². The molecular formula is C11H18O4. The number of ether oxygens (including phenoxy) is 2. The van der Waals surface area contributed by atoms with Crippen LogP contribution in [0.25, 0.3) is 0 Å². The lowest BCUT2D eigenvalue weighted by Crippen LogP contribution is -2.40. The fraction of sp³-hybridized carbons (Fsp3) is 0.818. The van der Waals surface area contributed by atoms with E-state index in [2.05, 4.69) is 0 Å². The highest BCUT2D eigenvalue weighted by Crippen LogP contribution is 2.29.